The van der Waals surface area contributed by atoms with Crippen molar-refractivity contribution in [1.29, 1.82) is 0 Å². The van der Waals surface area contributed by atoms with Crippen LogP contribution in [0.5, 0.6) is 0 Å². The fraction of sp³-hybridized carbons (Fsp3) is 0.240. The lowest BCUT2D eigenvalue weighted by Crippen LogP contribution is -2.35. The number of carbonyl (C=O) groups excluding carboxylic acids is 2. The van der Waals surface area contributed by atoms with E-state index in [0.29, 0.717) is 17.8 Å². The zero-order valence-electron chi connectivity index (χ0n) is 17.6. The Morgan fingerprint density at radius 3 is 2.56 bits per heavy atom. The average Bonchev–Trinajstić information content (AvgIpc) is 3.32. The Morgan fingerprint density at radius 2 is 1.78 bits per heavy atom. The number of amides is 2. The molecule has 0 aromatic heterocycles. The van der Waals surface area contributed by atoms with Crippen LogP contribution in [0.2, 0.25) is 0 Å². The first-order valence-electron chi connectivity index (χ1n) is 10.7. The zero-order chi connectivity index (χ0) is 22.3. The van der Waals surface area contributed by atoms with Crippen molar-refractivity contribution in [2.24, 2.45) is 0 Å². The first kappa shape index (κ1) is 21.9. The third-order valence-corrected chi connectivity index (χ3v) is 5.61. The highest BCUT2D eigenvalue weighted by atomic mass is 32.1. The number of thiocarbonyl (C=S) groups is 1. The van der Waals surface area contributed by atoms with Crippen LogP contribution in [-0.2, 0) is 16.0 Å². The lowest BCUT2D eigenvalue weighted by atomic mass is 10.0. The predicted molar refractivity (Wildman–Crippen MR) is 130 cm³/mol. The Morgan fingerprint density at radius 1 is 1.00 bits per heavy atom. The fourth-order valence-corrected chi connectivity index (χ4v) is 4.00. The molecule has 164 valence electrons. The summed E-state index contributed by atoms with van der Waals surface area (Å²) in [6, 6.07) is 20.8. The normalized spacial score (nSPS) is 15.3. The van der Waals surface area contributed by atoms with Gasteiger partial charge in [-0.1, -0.05) is 42.5 Å². The number of nitrogens with one attached hydrogen (secondary N) is 3. The van der Waals surface area contributed by atoms with Gasteiger partial charge in [0.2, 0.25) is 5.91 Å². The van der Waals surface area contributed by atoms with Gasteiger partial charge in [0, 0.05) is 24.4 Å². The summed E-state index contributed by atoms with van der Waals surface area (Å²) in [6.07, 6.45) is 2.36. The Hall–Kier alpha value is -3.29. The molecular weight excluding hydrogens is 422 g/mol. The Balaban J connectivity index is 1.28. The minimum absolute atomic E-state index is 0.106. The van der Waals surface area contributed by atoms with Crippen molar-refractivity contribution in [2.75, 3.05) is 18.5 Å². The second kappa shape index (κ2) is 10.3. The molecule has 1 aliphatic heterocycles. The summed E-state index contributed by atoms with van der Waals surface area (Å²) >= 11 is 5.28. The highest BCUT2D eigenvalue weighted by Gasteiger charge is 2.16. The molecule has 1 heterocycles. The van der Waals surface area contributed by atoms with Crippen LogP contribution in [-0.4, -0.2) is 36.2 Å². The molecule has 1 unspecified atom stereocenters. The minimum atomic E-state index is -0.191. The van der Waals surface area contributed by atoms with Gasteiger partial charge in [0.15, 0.2) is 5.11 Å². The van der Waals surface area contributed by atoms with E-state index in [1.54, 1.807) is 24.3 Å². The third-order valence-electron chi connectivity index (χ3n) is 5.40. The number of rotatable bonds is 6. The van der Waals surface area contributed by atoms with Crippen molar-refractivity contribution < 1.29 is 14.3 Å². The molecule has 1 saturated heterocycles. The molecule has 0 spiro atoms. The van der Waals surface area contributed by atoms with Crippen LogP contribution in [0.25, 0.3) is 10.8 Å². The van der Waals surface area contributed by atoms with Gasteiger partial charge in [-0.3, -0.25) is 9.59 Å². The maximum atomic E-state index is 12.5. The van der Waals surface area contributed by atoms with Crippen LogP contribution in [0.3, 0.4) is 0 Å². The quantitative estimate of drug-likeness (QED) is 0.501. The predicted octanol–water partition coefficient (Wildman–Crippen LogP) is 3.80. The van der Waals surface area contributed by atoms with Crippen LogP contribution in [0.4, 0.5) is 5.69 Å². The molecule has 3 aromatic carbocycles. The Bertz CT molecular complexity index is 1120. The topological polar surface area (TPSA) is 79.5 Å². The summed E-state index contributed by atoms with van der Waals surface area (Å²) in [7, 11) is 0. The second-order valence-electron chi connectivity index (χ2n) is 7.74. The molecule has 32 heavy (non-hydrogen) atoms. The number of fused-ring (bicyclic) bond motifs is 1. The van der Waals surface area contributed by atoms with Crippen LogP contribution in [0.1, 0.15) is 28.8 Å². The highest BCUT2D eigenvalue weighted by molar-refractivity contribution is 7.80. The number of anilines is 1. The monoisotopic (exact) mass is 447 g/mol. The lowest BCUT2D eigenvalue weighted by molar-refractivity contribution is -0.119. The number of benzene rings is 3. The van der Waals surface area contributed by atoms with Gasteiger partial charge in [-0.2, -0.15) is 0 Å². The minimum Gasteiger partial charge on any atom is -0.376 e. The van der Waals surface area contributed by atoms with Gasteiger partial charge < -0.3 is 20.7 Å². The van der Waals surface area contributed by atoms with Crippen LogP contribution in [0.15, 0.2) is 66.7 Å². The van der Waals surface area contributed by atoms with Crippen LogP contribution < -0.4 is 16.0 Å². The second-order valence-corrected chi connectivity index (χ2v) is 8.15. The number of carbonyl (C=O) groups is 2. The number of hydrogen-bond donors (Lipinski definition) is 3. The maximum absolute atomic E-state index is 12.5. The molecule has 3 N–H and O–H groups in total. The van der Waals surface area contributed by atoms with E-state index in [1.807, 2.05) is 42.5 Å². The summed E-state index contributed by atoms with van der Waals surface area (Å²) in [5, 5.41) is 11.0. The van der Waals surface area contributed by atoms with Gasteiger partial charge in [0.1, 0.15) is 0 Å². The van der Waals surface area contributed by atoms with E-state index in [1.165, 1.54) is 0 Å². The van der Waals surface area contributed by atoms with E-state index >= 15 is 0 Å². The summed E-state index contributed by atoms with van der Waals surface area (Å²) in [5.41, 5.74) is 2.19. The van der Waals surface area contributed by atoms with Crippen LogP contribution >= 0.6 is 12.2 Å². The van der Waals surface area contributed by atoms with Gasteiger partial charge >= 0.3 is 0 Å². The molecule has 0 saturated carbocycles. The number of hydrogen-bond acceptors (Lipinski definition) is 4. The highest BCUT2D eigenvalue weighted by Crippen LogP contribution is 2.19. The molecule has 1 atom stereocenters. The summed E-state index contributed by atoms with van der Waals surface area (Å²) in [5.74, 6) is -0.331. The van der Waals surface area contributed by atoms with Gasteiger partial charge in [-0.25, -0.2) is 0 Å². The molecule has 7 heteroatoms. The van der Waals surface area contributed by atoms with Gasteiger partial charge in [-0.05, 0) is 65.7 Å². The van der Waals surface area contributed by atoms with Gasteiger partial charge in [0.25, 0.3) is 5.91 Å². The summed E-state index contributed by atoms with van der Waals surface area (Å²) < 4.78 is 5.52. The molecule has 3 aromatic rings. The van der Waals surface area contributed by atoms with Crippen molar-refractivity contribution in [3.63, 3.8) is 0 Å². The van der Waals surface area contributed by atoms with E-state index in [0.717, 1.165) is 35.8 Å². The molecule has 1 fully saturated rings. The largest absolute Gasteiger partial charge is 0.376 e. The molecule has 1 aliphatic rings. The fourth-order valence-electron chi connectivity index (χ4n) is 3.77. The summed E-state index contributed by atoms with van der Waals surface area (Å²) in [4.78, 5) is 24.8. The van der Waals surface area contributed by atoms with Crippen molar-refractivity contribution in [1.82, 2.24) is 10.6 Å². The van der Waals surface area contributed by atoms with Crippen molar-refractivity contribution >= 4 is 45.6 Å². The van der Waals surface area contributed by atoms with E-state index in [9.17, 15) is 9.59 Å². The van der Waals surface area contributed by atoms with E-state index in [2.05, 4.69) is 16.0 Å². The standard InChI is InChI=1S/C25H25N3O3S/c29-23(15-19-7-3-6-17-5-1-2-9-22(17)19)28-25(32)27-20-12-10-18(11-13-20)24(30)26-16-21-8-4-14-31-21/h1-3,5-7,9-13,21H,4,8,14-16H2,(H,26,30)(H2,27,28,29,32). The van der Waals surface area contributed by atoms with Crippen molar-refractivity contribution in [3.05, 3.63) is 77.9 Å². The van der Waals surface area contributed by atoms with Gasteiger partial charge in [-0.15, -0.1) is 0 Å². The van der Waals surface area contributed by atoms with Crippen molar-refractivity contribution in [3.8, 4) is 0 Å². The lowest BCUT2D eigenvalue weighted by Gasteiger charge is -2.12. The van der Waals surface area contributed by atoms with Crippen molar-refractivity contribution in [2.45, 2.75) is 25.4 Å². The Kier molecular flexibility index (Phi) is 7.09. The first-order chi connectivity index (χ1) is 15.6. The van der Waals surface area contributed by atoms with Gasteiger partial charge in [0.05, 0.1) is 12.5 Å². The van der Waals surface area contributed by atoms with E-state index in [4.69, 9.17) is 17.0 Å². The molecule has 0 bridgehead atoms. The van der Waals surface area contributed by atoms with E-state index in [-0.39, 0.29) is 29.5 Å². The molecule has 6 nitrogen and oxygen atoms in total. The number of ether oxygens (including phenoxy) is 1. The molecule has 0 aliphatic carbocycles. The molecule has 2 amide bonds. The molecular formula is C25H25N3O3S. The maximum Gasteiger partial charge on any atom is 0.251 e. The smallest absolute Gasteiger partial charge is 0.251 e. The zero-order valence-corrected chi connectivity index (χ0v) is 18.4. The molecule has 4 rings (SSSR count). The van der Waals surface area contributed by atoms with Crippen LogP contribution in [0, 0.1) is 0 Å². The SMILES string of the molecule is O=C(Cc1cccc2ccccc12)NC(=S)Nc1ccc(C(=O)NCC2CCCO2)cc1. The third kappa shape index (κ3) is 5.69. The first-order valence-corrected chi connectivity index (χ1v) is 11.1. The molecule has 0 radical (unpaired) electrons. The Labute approximate surface area is 192 Å². The van der Waals surface area contributed by atoms with E-state index < -0.39 is 0 Å². The average molecular weight is 448 g/mol. The summed E-state index contributed by atoms with van der Waals surface area (Å²) in [6.45, 7) is 1.28.